The average molecular weight is 316 g/mol. The second-order valence-electron chi connectivity index (χ2n) is 6.66. The van der Waals surface area contributed by atoms with E-state index in [1.54, 1.807) is 11.0 Å². The average Bonchev–Trinajstić information content (AvgIpc) is 3.05. The maximum absolute atomic E-state index is 11.9. The van der Waals surface area contributed by atoms with Crippen molar-refractivity contribution in [2.45, 2.75) is 36.9 Å². The van der Waals surface area contributed by atoms with E-state index in [9.17, 15) is 9.59 Å². The Balaban J connectivity index is 1.79. The third-order valence-electron chi connectivity index (χ3n) is 5.62. The van der Waals surface area contributed by atoms with Gasteiger partial charge >= 0.3 is 6.03 Å². The van der Waals surface area contributed by atoms with Crippen molar-refractivity contribution >= 4 is 18.1 Å². The van der Waals surface area contributed by atoms with E-state index < -0.39 is 6.03 Å². The first-order valence-corrected chi connectivity index (χ1v) is 7.93. The van der Waals surface area contributed by atoms with E-state index in [0.717, 1.165) is 38.0 Å². The topological polar surface area (TPSA) is 88.8 Å². The highest BCUT2D eigenvalue weighted by atomic mass is 16.5. The van der Waals surface area contributed by atoms with Gasteiger partial charge in [0.15, 0.2) is 6.29 Å². The molecule has 0 radical (unpaired) electrons. The van der Waals surface area contributed by atoms with Crippen LogP contribution in [-0.2, 0) is 10.3 Å². The number of nitrogens with two attached hydrogens (primary N) is 1. The number of carbonyl (C=O) groups is 2. The van der Waals surface area contributed by atoms with Crippen LogP contribution in [0.1, 0.15) is 35.3 Å². The second kappa shape index (κ2) is 5.01. The van der Waals surface area contributed by atoms with E-state index in [1.807, 2.05) is 6.07 Å². The summed E-state index contributed by atoms with van der Waals surface area (Å²) in [5.41, 5.74) is 6.72. The number of amides is 2. The minimum absolute atomic E-state index is 0.0548. The molecule has 5 rings (SSSR count). The zero-order valence-corrected chi connectivity index (χ0v) is 13.1. The number of rotatable bonds is 3. The molecule has 2 amide bonds. The van der Waals surface area contributed by atoms with E-state index in [1.165, 1.54) is 0 Å². The fraction of sp³-hybridized carbons (Fsp3) is 0.562. The number of nitrogens with zero attached hydrogens (tertiary/aromatic N) is 3. The number of anilines is 1. The predicted molar refractivity (Wildman–Crippen MR) is 83.4 cm³/mol. The van der Waals surface area contributed by atoms with Crippen LogP contribution in [0.15, 0.2) is 12.1 Å². The molecule has 122 valence electrons. The summed E-state index contributed by atoms with van der Waals surface area (Å²) in [4.78, 5) is 31.2. The molecule has 2 N–H and O–H groups in total. The first-order chi connectivity index (χ1) is 11.1. The summed E-state index contributed by atoms with van der Waals surface area (Å²) in [7, 11) is 2.12. The Morgan fingerprint density at radius 2 is 2.30 bits per heavy atom. The van der Waals surface area contributed by atoms with Crippen LogP contribution in [0.3, 0.4) is 0 Å². The zero-order chi connectivity index (χ0) is 16.2. The van der Waals surface area contributed by atoms with E-state index >= 15 is 0 Å². The molecule has 23 heavy (non-hydrogen) atoms. The molecule has 4 aliphatic rings. The molecule has 1 atom stereocenters. The lowest BCUT2D eigenvalue weighted by Crippen LogP contribution is -2.68. The molecular formula is C16H20N4O3. The van der Waals surface area contributed by atoms with Crippen LogP contribution in [0.4, 0.5) is 10.6 Å². The van der Waals surface area contributed by atoms with E-state index in [4.69, 9.17) is 10.5 Å². The number of pyridine rings is 1. The molecule has 7 nitrogen and oxygen atoms in total. The van der Waals surface area contributed by atoms with Crippen molar-refractivity contribution < 1.29 is 14.3 Å². The number of hydrogen-bond donors (Lipinski definition) is 1. The number of aromatic nitrogens is 1. The first kappa shape index (κ1) is 14.6. The Morgan fingerprint density at radius 1 is 1.52 bits per heavy atom. The monoisotopic (exact) mass is 316 g/mol. The molecule has 4 heterocycles. The van der Waals surface area contributed by atoms with Crippen LogP contribution >= 0.6 is 0 Å². The van der Waals surface area contributed by atoms with Gasteiger partial charge in [-0.1, -0.05) is 6.07 Å². The molecule has 2 fully saturated rings. The summed E-state index contributed by atoms with van der Waals surface area (Å²) in [5, 5.41) is 0. The van der Waals surface area contributed by atoms with Gasteiger partial charge in [0.2, 0.25) is 0 Å². The summed E-state index contributed by atoms with van der Waals surface area (Å²) in [5.74, 6) is 0.537. The van der Waals surface area contributed by atoms with Crippen LogP contribution in [0.5, 0.6) is 0 Å². The van der Waals surface area contributed by atoms with Gasteiger partial charge in [-0.3, -0.25) is 14.6 Å². The molecular weight excluding hydrogens is 296 g/mol. The van der Waals surface area contributed by atoms with Gasteiger partial charge in [-0.25, -0.2) is 9.78 Å². The van der Waals surface area contributed by atoms with Crippen LogP contribution < -0.4 is 10.6 Å². The van der Waals surface area contributed by atoms with Gasteiger partial charge in [0.1, 0.15) is 11.5 Å². The summed E-state index contributed by atoms with van der Waals surface area (Å²) in [6.07, 6.45) is 3.40. The highest BCUT2D eigenvalue weighted by Gasteiger charge is 2.59. The molecule has 1 unspecified atom stereocenters. The number of likely N-dealkylation sites (N-methyl/N-ethyl adjacent to an activating group) is 1. The lowest BCUT2D eigenvalue weighted by Gasteiger charge is -2.61. The predicted octanol–water partition coefficient (Wildman–Crippen LogP) is 0.871. The second-order valence-corrected chi connectivity index (χ2v) is 6.66. The lowest BCUT2D eigenvalue weighted by molar-refractivity contribution is -0.0237. The van der Waals surface area contributed by atoms with Crippen molar-refractivity contribution in [1.29, 1.82) is 0 Å². The quantitative estimate of drug-likeness (QED) is 0.836. The molecule has 1 aliphatic carbocycles. The standard InChI is InChI=1S/C16H20N4O3/c1-19(11-4-5-23-9-11)16-6-12(7-16)20(15(17)22)14-13(16)3-2-10(8-21)18-14/h2-3,8,11-12H,4-7,9H2,1H3,(H2,17,22). The summed E-state index contributed by atoms with van der Waals surface area (Å²) < 4.78 is 5.53. The number of aldehydes is 1. The fourth-order valence-corrected chi connectivity index (χ4v) is 4.31. The Labute approximate surface area is 134 Å². The molecule has 1 aromatic heterocycles. The van der Waals surface area contributed by atoms with Gasteiger partial charge in [0, 0.05) is 24.3 Å². The highest BCUT2D eigenvalue weighted by molar-refractivity contribution is 5.93. The van der Waals surface area contributed by atoms with Crippen molar-refractivity contribution in [2.75, 3.05) is 25.2 Å². The van der Waals surface area contributed by atoms with Crippen molar-refractivity contribution in [1.82, 2.24) is 9.88 Å². The summed E-state index contributed by atoms with van der Waals surface area (Å²) >= 11 is 0. The number of ether oxygens (including phenoxy) is 1. The normalized spacial score (nSPS) is 31.7. The van der Waals surface area contributed by atoms with Crippen LogP contribution in [-0.4, -0.2) is 54.5 Å². The van der Waals surface area contributed by atoms with E-state index in [2.05, 4.69) is 16.9 Å². The minimum Gasteiger partial charge on any atom is -0.380 e. The summed E-state index contributed by atoms with van der Waals surface area (Å²) in [6.45, 7) is 1.52. The zero-order valence-electron chi connectivity index (χ0n) is 13.1. The summed E-state index contributed by atoms with van der Waals surface area (Å²) in [6, 6.07) is 3.55. The van der Waals surface area contributed by atoms with Crippen LogP contribution in [0, 0.1) is 0 Å². The van der Waals surface area contributed by atoms with Crippen molar-refractivity contribution in [3.05, 3.63) is 23.4 Å². The molecule has 7 heteroatoms. The Bertz CT molecular complexity index is 665. The fourth-order valence-electron chi connectivity index (χ4n) is 4.31. The van der Waals surface area contributed by atoms with Crippen molar-refractivity contribution in [3.8, 4) is 0 Å². The Morgan fingerprint density at radius 3 is 2.91 bits per heavy atom. The minimum atomic E-state index is -0.507. The van der Waals surface area contributed by atoms with Crippen LogP contribution in [0.25, 0.3) is 0 Å². The molecule has 2 bridgehead atoms. The number of hydrogen-bond acceptors (Lipinski definition) is 5. The van der Waals surface area contributed by atoms with Crippen molar-refractivity contribution in [2.24, 2.45) is 5.73 Å². The molecule has 0 spiro atoms. The van der Waals surface area contributed by atoms with Gasteiger partial charge in [0.25, 0.3) is 0 Å². The van der Waals surface area contributed by atoms with Gasteiger partial charge < -0.3 is 10.5 Å². The highest BCUT2D eigenvalue weighted by Crippen LogP contribution is 2.56. The molecule has 0 aromatic carbocycles. The van der Waals surface area contributed by atoms with Gasteiger partial charge in [-0.05, 0) is 32.4 Å². The van der Waals surface area contributed by atoms with E-state index in [-0.39, 0.29) is 11.6 Å². The number of primary amides is 1. The Kier molecular flexibility index (Phi) is 3.18. The maximum Gasteiger partial charge on any atom is 0.320 e. The molecule has 1 aromatic rings. The smallest absolute Gasteiger partial charge is 0.320 e. The van der Waals surface area contributed by atoms with Gasteiger partial charge in [0.05, 0.1) is 12.1 Å². The van der Waals surface area contributed by atoms with E-state index in [0.29, 0.717) is 23.8 Å². The Hall–Kier alpha value is -1.99. The maximum atomic E-state index is 11.9. The number of urea groups is 1. The lowest BCUT2D eigenvalue weighted by atomic mass is 9.63. The van der Waals surface area contributed by atoms with Crippen LogP contribution in [0.2, 0.25) is 0 Å². The largest absolute Gasteiger partial charge is 0.380 e. The molecule has 1 saturated carbocycles. The number of carbonyl (C=O) groups excluding carboxylic acids is 2. The molecule has 3 aliphatic heterocycles. The third-order valence-corrected chi connectivity index (χ3v) is 5.62. The first-order valence-electron chi connectivity index (χ1n) is 7.93. The van der Waals surface area contributed by atoms with Gasteiger partial charge in [-0.15, -0.1) is 0 Å². The SMILES string of the molecule is CN(C1CCOC1)C12CC(C1)N(C(N)=O)c1nc(C=O)ccc12. The van der Waals surface area contributed by atoms with Crippen molar-refractivity contribution in [3.63, 3.8) is 0 Å². The van der Waals surface area contributed by atoms with Gasteiger partial charge in [-0.2, -0.15) is 0 Å². The molecule has 1 saturated heterocycles. The third kappa shape index (κ3) is 1.93.